The molecule has 10 nitrogen and oxygen atoms in total. The van der Waals surface area contributed by atoms with Crippen LogP contribution in [0.4, 0.5) is 0 Å². The number of carbonyl (C=O) groups is 3. The molecule has 1 atom stereocenters. The minimum absolute atomic E-state index is 0.0409. The highest BCUT2D eigenvalue weighted by atomic mass is 16.5. The third kappa shape index (κ3) is 8.61. The Hall–Kier alpha value is -4.08. The molecule has 0 aliphatic heterocycles. The maximum atomic E-state index is 12.8. The van der Waals surface area contributed by atoms with E-state index in [1.165, 1.54) is 21.3 Å². The van der Waals surface area contributed by atoms with E-state index in [0.29, 0.717) is 29.0 Å². The van der Waals surface area contributed by atoms with Crippen molar-refractivity contribution in [1.29, 1.82) is 0 Å². The Morgan fingerprint density at radius 2 is 1.58 bits per heavy atom. The number of aliphatic imine (C=N–C) groups is 1. The molecule has 0 fully saturated rings. The molecule has 2 rings (SSSR count). The lowest BCUT2D eigenvalue weighted by Gasteiger charge is -2.16. The molecule has 36 heavy (non-hydrogen) atoms. The number of nitrogens with one attached hydrogen (secondary N) is 2. The van der Waals surface area contributed by atoms with Crippen molar-refractivity contribution in [2.75, 3.05) is 21.3 Å². The van der Waals surface area contributed by atoms with Crippen LogP contribution in [0.25, 0.3) is 0 Å². The molecule has 0 bridgehead atoms. The van der Waals surface area contributed by atoms with Gasteiger partial charge in [-0.1, -0.05) is 32.0 Å². The number of carbonyl (C=O) groups excluding carboxylic acids is 3. The average molecular weight is 499 g/mol. The standard InChI is InChI=1S/C26H34N4O6/c1-16(2)12-20(24(32)28-15-17-6-9-19(10-7-17)25(33)36-5)29-26(27)30-23(31)14-18-8-11-21(34-3)22(13-18)35-4/h6-11,13,16,20H,12,14-15H2,1-5H3,(H,28,32)(H3,27,29,30,31). The van der Waals surface area contributed by atoms with Crippen LogP contribution in [-0.4, -0.2) is 51.1 Å². The molecule has 0 heterocycles. The van der Waals surface area contributed by atoms with Crippen LogP contribution in [0.15, 0.2) is 47.5 Å². The molecule has 2 aromatic carbocycles. The molecule has 2 aromatic rings. The topological polar surface area (TPSA) is 141 Å². The number of hydrogen-bond donors (Lipinski definition) is 3. The highest BCUT2D eigenvalue weighted by Crippen LogP contribution is 2.27. The number of nitrogens with two attached hydrogens (primary N) is 1. The SMILES string of the molecule is COC(=O)c1ccc(CNC(=O)C(CC(C)C)N=C(N)NC(=O)Cc2ccc(OC)c(OC)c2)cc1. The van der Waals surface area contributed by atoms with E-state index < -0.39 is 12.0 Å². The van der Waals surface area contributed by atoms with Gasteiger partial charge in [0, 0.05) is 6.54 Å². The summed E-state index contributed by atoms with van der Waals surface area (Å²) in [5.41, 5.74) is 7.89. The lowest BCUT2D eigenvalue weighted by atomic mass is 10.0. The first kappa shape index (κ1) is 28.2. The Bertz CT molecular complexity index is 1080. The zero-order valence-corrected chi connectivity index (χ0v) is 21.3. The molecule has 0 saturated heterocycles. The van der Waals surface area contributed by atoms with Crippen LogP contribution in [-0.2, 0) is 27.3 Å². The summed E-state index contributed by atoms with van der Waals surface area (Å²) in [5.74, 6) is -0.0261. The van der Waals surface area contributed by atoms with Gasteiger partial charge in [0.2, 0.25) is 11.8 Å². The van der Waals surface area contributed by atoms with E-state index in [2.05, 4.69) is 20.4 Å². The second kappa shape index (κ2) is 13.7. The Kier molecular flexibility index (Phi) is 10.7. The van der Waals surface area contributed by atoms with Gasteiger partial charge < -0.3 is 25.3 Å². The van der Waals surface area contributed by atoms with E-state index in [1.807, 2.05) is 13.8 Å². The van der Waals surface area contributed by atoms with Crippen LogP contribution in [0.2, 0.25) is 0 Å². The number of methoxy groups -OCH3 is 3. The van der Waals surface area contributed by atoms with Gasteiger partial charge in [-0.15, -0.1) is 0 Å². The van der Waals surface area contributed by atoms with Crippen molar-refractivity contribution in [3.05, 3.63) is 59.2 Å². The first-order valence-electron chi connectivity index (χ1n) is 11.5. The molecule has 2 amide bonds. The molecule has 0 saturated carbocycles. The van der Waals surface area contributed by atoms with E-state index >= 15 is 0 Å². The summed E-state index contributed by atoms with van der Waals surface area (Å²) in [6.45, 7) is 4.18. The Labute approximate surface area is 211 Å². The lowest BCUT2D eigenvalue weighted by molar-refractivity contribution is -0.123. The molecule has 10 heteroatoms. The molecular formula is C26H34N4O6. The van der Waals surface area contributed by atoms with Crippen LogP contribution in [0, 0.1) is 5.92 Å². The zero-order valence-electron chi connectivity index (χ0n) is 21.3. The van der Waals surface area contributed by atoms with E-state index in [9.17, 15) is 14.4 Å². The van der Waals surface area contributed by atoms with E-state index in [1.54, 1.807) is 42.5 Å². The van der Waals surface area contributed by atoms with E-state index in [4.69, 9.17) is 15.2 Å². The van der Waals surface area contributed by atoms with Gasteiger partial charge in [-0.2, -0.15) is 0 Å². The molecule has 4 N–H and O–H groups in total. The predicted octanol–water partition coefficient (Wildman–Crippen LogP) is 2.19. The summed E-state index contributed by atoms with van der Waals surface area (Å²) < 4.78 is 15.2. The van der Waals surface area contributed by atoms with Gasteiger partial charge in [-0.3, -0.25) is 14.9 Å². The molecule has 0 aliphatic carbocycles. The summed E-state index contributed by atoms with van der Waals surface area (Å²) in [6, 6.07) is 11.1. The molecule has 0 aliphatic rings. The molecule has 194 valence electrons. The largest absolute Gasteiger partial charge is 0.493 e. The Morgan fingerprint density at radius 1 is 0.944 bits per heavy atom. The summed E-state index contributed by atoms with van der Waals surface area (Å²) in [5, 5.41) is 5.38. The second-order valence-electron chi connectivity index (χ2n) is 8.48. The van der Waals surface area contributed by atoms with Crippen LogP contribution < -0.4 is 25.8 Å². The Morgan fingerprint density at radius 3 is 2.17 bits per heavy atom. The highest BCUT2D eigenvalue weighted by Gasteiger charge is 2.20. The van der Waals surface area contributed by atoms with Gasteiger partial charge in [0.25, 0.3) is 0 Å². The van der Waals surface area contributed by atoms with E-state index in [-0.39, 0.29) is 36.7 Å². The highest BCUT2D eigenvalue weighted by molar-refractivity contribution is 5.98. The minimum Gasteiger partial charge on any atom is -0.493 e. The molecule has 0 radical (unpaired) electrons. The number of ether oxygens (including phenoxy) is 3. The van der Waals surface area contributed by atoms with Crippen molar-refractivity contribution in [2.24, 2.45) is 16.6 Å². The maximum Gasteiger partial charge on any atom is 0.337 e. The van der Waals surface area contributed by atoms with Gasteiger partial charge >= 0.3 is 5.97 Å². The number of guanidine groups is 1. The van der Waals surface area contributed by atoms with Crippen molar-refractivity contribution < 1.29 is 28.6 Å². The smallest absolute Gasteiger partial charge is 0.337 e. The number of nitrogens with zero attached hydrogens (tertiary/aromatic N) is 1. The molecule has 1 unspecified atom stereocenters. The summed E-state index contributed by atoms with van der Waals surface area (Å²) in [6.07, 6.45) is 0.485. The average Bonchev–Trinajstić information content (AvgIpc) is 2.86. The monoisotopic (exact) mass is 498 g/mol. The van der Waals surface area contributed by atoms with Gasteiger partial charge in [-0.05, 0) is 47.7 Å². The minimum atomic E-state index is -0.777. The van der Waals surface area contributed by atoms with Gasteiger partial charge in [0.15, 0.2) is 17.5 Å². The fourth-order valence-electron chi connectivity index (χ4n) is 3.41. The van der Waals surface area contributed by atoms with Crippen LogP contribution >= 0.6 is 0 Å². The van der Waals surface area contributed by atoms with Gasteiger partial charge in [0.05, 0.1) is 33.3 Å². The first-order chi connectivity index (χ1) is 17.2. The fraction of sp³-hybridized carbons (Fsp3) is 0.385. The fourth-order valence-corrected chi connectivity index (χ4v) is 3.41. The van der Waals surface area contributed by atoms with Crippen LogP contribution in [0.1, 0.15) is 41.8 Å². The summed E-state index contributed by atoms with van der Waals surface area (Å²) in [4.78, 5) is 41.1. The number of benzene rings is 2. The molecular weight excluding hydrogens is 464 g/mol. The van der Waals surface area contributed by atoms with Crippen molar-refractivity contribution in [2.45, 2.75) is 39.3 Å². The normalized spacial score (nSPS) is 12.0. The zero-order chi connectivity index (χ0) is 26.7. The van der Waals surface area contributed by atoms with Crippen molar-refractivity contribution in [3.63, 3.8) is 0 Å². The van der Waals surface area contributed by atoms with Crippen molar-refractivity contribution >= 4 is 23.7 Å². The first-order valence-corrected chi connectivity index (χ1v) is 11.5. The third-order valence-corrected chi connectivity index (χ3v) is 5.21. The third-order valence-electron chi connectivity index (χ3n) is 5.21. The maximum absolute atomic E-state index is 12.8. The van der Waals surface area contributed by atoms with Crippen LogP contribution in [0.3, 0.4) is 0 Å². The Balaban J connectivity index is 2.01. The molecule has 0 spiro atoms. The predicted molar refractivity (Wildman–Crippen MR) is 136 cm³/mol. The number of rotatable bonds is 11. The quantitative estimate of drug-likeness (QED) is 0.245. The van der Waals surface area contributed by atoms with Crippen molar-refractivity contribution in [3.8, 4) is 11.5 Å². The number of amides is 2. The number of esters is 1. The van der Waals surface area contributed by atoms with Crippen LogP contribution in [0.5, 0.6) is 11.5 Å². The van der Waals surface area contributed by atoms with E-state index in [0.717, 1.165) is 5.56 Å². The summed E-state index contributed by atoms with van der Waals surface area (Å²) in [7, 11) is 4.37. The van der Waals surface area contributed by atoms with Gasteiger partial charge in [-0.25, -0.2) is 9.79 Å². The van der Waals surface area contributed by atoms with Gasteiger partial charge in [0.1, 0.15) is 6.04 Å². The summed E-state index contributed by atoms with van der Waals surface area (Å²) >= 11 is 0. The molecule has 0 aromatic heterocycles. The lowest BCUT2D eigenvalue weighted by Crippen LogP contribution is -2.41. The van der Waals surface area contributed by atoms with Crippen molar-refractivity contribution in [1.82, 2.24) is 10.6 Å². The number of hydrogen-bond acceptors (Lipinski definition) is 7. The second-order valence-corrected chi connectivity index (χ2v) is 8.48.